The zero-order chi connectivity index (χ0) is 13.9. The maximum Gasteiger partial charge on any atom is 0.195 e. The Morgan fingerprint density at radius 3 is 2.95 bits per heavy atom. The number of aromatic nitrogens is 2. The van der Waals surface area contributed by atoms with Crippen molar-refractivity contribution in [3.63, 3.8) is 0 Å². The molecule has 0 atom stereocenters. The average Bonchev–Trinajstić information content (AvgIpc) is 3.03. The summed E-state index contributed by atoms with van der Waals surface area (Å²) in [4.78, 5) is 4.57. The minimum absolute atomic E-state index is 0.630. The van der Waals surface area contributed by atoms with Gasteiger partial charge < -0.3 is 9.84 Å². The fraction of sp³-hybridized carbons (Fsp3) is 0.333. The molecule has 0 unspecified atom stereocenters. The van der Waals surface area contributed by atoms with E-state index >= 15 is 0 Å². The molecule has 0 saturated heterocycles. The number of nitrogens with zero attached hydrogens (tertiary/aromatic N) is 2. The highest BCUT2D eigenvalue weighted by atomic mass is 32.1. The fourth-order valence-electron chi connectivity index (χ4n) is 1.96. The summed E-state index contributed by atoms with van der Waals surface area (Å²) >= 11 is 1.63. The highest BCUT2D eigenvalue weighted by Gasteiger charge is 2.11. The molecule has 104 valence electrons. The van der Waals surface area contributed by atoms with Gasteiger partial charge in [-0.15, -0.1) is 11.3 Å². The lowest BCUT2D eigenvalue weighted by molar-refractivity contribution is 0.418. The number of rotatable bonds is 5. The lowest BCUT2D eigenvalue weighted by Crippen LogP contribution is -2.18. The summed E-state index contributed by atoms with van der Waals surface area (Å²) in [5.41, 5.74) is 1.92. The van der Waals surface area contributed by atoms with Crippen LogP contribution in [0, 0.1) is 5.92 Å². The largest absolute Gasteiger partial charge is 0.353 e. The van der Waals surface area contributed by atoms with Crippen LogP contribution in [0.15, 0.2) is 34.9 Å². The molecule has 0 saturated carbocycles. The normalized spacial score (nSPS) is 11.6. The highest BCUT2D eigenvalue weighted by Crippen LogP contribution is 2.30. The first-order valence-corrected chi connectivity index (χ1v) is 7.56. The summed E-state index contributed by atoms with van der Waals surface area (Å²) in [5, 5.41) is 8.32. The first kappa shape index (κ1) is 13.3. The molecule has 0 aliphatic carbocycles. The molecule has 1 aromatic carbocycles. The van der Waals surface area contributed by atoms with Crippen LogP contribution in [0.3, 0.4) is 0 Å². The van der Waals surface area contributed by atoms with Gasteiger partial charge in [-0.2, -0.15) is 0 Å². The topological polar surface area (TPSA) is 51.0 Å². The standard InChI is InChI=1S/C15H17N3OS/c1-10(2)8-16-9-11-7-13(19-18-11)15-17-12-5-3-4-6-14(12)20-15/h3-7,10,16H,8-9H2,1-2H3. The Morgan fingerprint density at radius 2 is 2.15 bits per heavy atom. The molecule has 0 aliphatic heterocycles. The molecule has 0 bridgehead atoms. The van der Waals surface area contributed by atoms with E-state index in [0.717, 1.165) is 35.1 Å². The molecule has 0 amide bonds. The van der Waals surface area contributed by atoms with Crippen LogP contribution in [0.1, 0.15) is 19.5 Å². The van der Waals surface area contributed by atoms with Gasteiger partial charge >= 0.3 is 0 Å². The van der Waals surface area contributed by atoms with Crippen molar-refractivity contribution < 1.29 is 4.52 Å². The van der Waals surface area contributed by atoms with Crippen molar-refractivity contribution in [3.8, 4) is 10.8 Å². The molecule has 0 spiro atoms. The summed E-state index contributed by atoms with van der Waals surface area (Å²) in [5.74, 6) is 1.37. The van der Waals surface area contributed by atoms with Crippen LogP contribution < -0.4 is 5.32 Å². The number of nitrogens with one attached hydrogen (secondary N) is 1. The molecule has 1 N–H and O–H groups in total. The zero-order valence-electron chi connectivity index (χ0n) is 11.6. The SMILES string of the molecule is CC(C)CNCc1cc(-c2nc3ccccc3s2)on1. The zero-order valence-corrected chi connectivity index (χ0v) is 12.4. The fourth-order valence-corrected chi connectivity index (χ4v) is 2.88. The van der Waals surface area contributed by atoms with E-state index in [-0.39, 0.29) is 0 Å². The van der Waals surface area contributed by atoms with Gasteiger partial charge in [0, 0.05) is 12.6 Å². The van der Waals surface area contributed by atoms with E-state index in [1.807, 2.05) is 24.3 Å². The van der Waals surface area contributed by atoms with E-state index in [1.54, 1.807) is 11.3 Å². The Morgan fingerprint density at radius 1 is 1.30 bits per heavy atom. The van der Waals surface area contributed by atoms with Crippen LogP contribution in [-0.4, -0.2) is 16.7 Å². The lowest BCUT2D eigenvalue weighted by atomic mass is 10.2. The maximum atomic E-state index is 5.40. The number of hydrogen-bond acceptors (Lipinski definition) is 5. The van der Waals surface area contributed by atoms with Gasteiger partial charge in [-0.1, -0.05) is 31.1 Å². The van der Waals surface area contributed by atoms with Gasteiger partial charge in [-0.05, 0) is 24.6 Å². The number of thiazole rings is 1. The summed E-state index contributed by atoms with van der Waals surface area (Å²) in [6, 6.07) is 10.1. The van der Waals surface area contributed by atoms with Crippen LogP contribution >= 0.6 is 11.3 Å². The predicted molar refractivity (Wildman–Crippen MR) is 81.7 cm³/mol. The lowest BCUT2D eigenvalue weighted by Gasteiger charge is -2.03. The van der Waals surface area contributed by atoms with E-state index in [4.69, 9.17) is 4.52 Å². The third kappa shape index (κ3) is 2.89. The quantitative estimate of drug-likeness (QED) is 0.777. The van der Waals surface area contributed by atoms with E-state index in [9.17, 15) is 0 Å². The number of fused-ring (bicyclic) bond motifs is 1. The molecule has 0 aliphatic rings. The Hall–Kier alpha value is -1.72. The van der Waals surface area contributed by atoms with E-state index in [0.29, 0.717) is 5.92 Å². The molecule has 20 heavy (non-hydrogen) atoms. The molecule has 0 fully saturated rings. The first-order valence-electron chi connectivity index (χ1n) is 6.74. The van der Waals surface area contributed by atoms with E-state index in [1.165, 1.54) is 4.70 Å². The molecule has 4 nitrogen and oxygen atoms in total. The van der Waals surface area contributed by atoms with Gasteiger partial charge in [0.05, 0.1) is 15.9 Å². The molecule has 2 aromatic heterocycles. The third-order valence-corrected chi connectivity index (χ3v) is 3.97. The van der Waals surface area contributed by atoms with Gasteiger partial charge in [0.25, 0.3) is 0 Å². The summed E-state index contributed by atoms with van der Waals surface area (Å²) < 4.78 is 6.56. The second-order valence-corrected chi connectivity index (χ2v) is 6.22. The van der Waals surface area contributed by atoms with Gasteiger partial charge in [0.2, 0.25) is 0 Å². The van der Waals surface area contributed by atoms with E-state index in [2.05, 4.69) is 35.4 Å². The van der Waals surface area contributed by atoms with Crippen molar-refractivity contribution in [1.82, 2.24) is 15.5 Å². The predicted octanol–water partition coefficient (Wildman–Crippen LogP) is 3.70. The minimum atomic E-state index is 0.630. The summed E-state index contributed by atoms with van der Waals surface area (Å²) in [6.45, 7) is 6.07. The molecule has 3 aromatic rings. The summed E-state index contributed by atoms with van der Waals surface area (Å²) in [6.07, 6.45) is 0. The number of benzene rings is 1. The molecule has 2 heterocycles. The molecular weight excluding hydrogens is 270 g/mol. The molecule has 3 rings (SSSR count). The Bertz CT molecular complexity index is 669. The Kier molecular flexibility index (Phi) is 3.80. The second kappa shape index (κ2) is 5.73. The monoisotopic (exact) mass is 287 g/mol. The molecule has 0 radical (unpaired) electrons. The van der Waals surface area contributed by atoms with Crippen LogP contribution in [0.5, 0.6) is 0 Å². The average molecular weight is 287 g/mol. The maximum absolute atomic E-state index is 5.40. The Labute approximate surface area is 121 Å². The molecular formula is C15H17N3OS. The van der Waals surface area contributed by atoms with Crippen molar-refractivity contribution in [2.45, 2.75) is 20.4 Å². The van der Waals surface area contributed by atoms with Crippen molar-refractivity contribution in [1.29, 1.82) is 0 Å². The van der Waals surface area contributed by atoms with Crippen molar-refractivity contribution in [2.75, 3.05) is 6.54 Å². The minimum Gasteiger partial charge on any atom is -0.353 e. The highest BCUT2D eigenvalue weighted by molar-refractivity contribution is 7.21. The third-order valence-electron chi connectivity index (χ3n) is 2.92. The van der Waals surface area contributed by atoms with Gasteiger partial charge in [-0.25, -0.2) is 4.98 Å². The van der Waals surface area contributed by atoms with Gasteiger partial charge in [0.15, 0.2) is 10.8 Å². The first-order chi connectivity index (χ1) is 9.72. The van der Waals surface area contributed by atoms with Crippen LogP contribution in [-0.2, 0) is 6.54 Å². The Balaban J connectivity index is 1.75. The summed E-state index contributed by atoms with van der Waals surface area (Å²) in [7, 11) is 0. The van der Waals surface area contributed by atoms with Crippen molar-refractivity contribution in [3.05, 3.63) is 36.0 Å². The van der Waals surface area contributed by atoms with E-state index < -0.39 is 0 Å². The van der Waals surface area contributed by atoms with Crippen LogP contribution in [0.2, 0.25) is 0 Å². The van der Waals surface area contributed by atoms with Gasteiger partial charge in [0.1, 0.15) is 0 Å². The number of hydrogen-bond donors (Lipinski definition) is 1. The molecule has 5 heteroatoms. The van der Waals surface area contributed by atoms with Gasteiger partial charge in [-0.3, -0.25) is 0 Å². The van der Waals surface area contributed by atoms with Crippen LogP contribution in [0.25, 0.3) is 21.0 Å². The van der Waals surface area contributed by atoms with Crippen molar-refractivity contribution in [2.24, 2.45) is 5.92 Å². The van der Waals surface area contributed by atoms with Crippen LogP contribution in [0.4, 0.5) is 0 Å². The second-order valence-electron chi connectivity index (χ2n) is 5.19. The number of para-hydroxylation sites is 1. The smallest absolute Gasteiger partial charge is 0.195 e. The van der Waals surface area contributed by atoms with Crippen molar-refractivity contribution >= 4 is 21.6 Å².